The van der Waals surface area contributed by atoms with Crippen molar-refractivity contribution in [2.24, 2.45) is 13.0 Å². The number of aromatic amines is 1. The lowest BCUT2D eigenvalue weighted by Gasteiger charge is -2.31. The Balaban J connectivity index is 1.17. The van der Waals surface area contributed by atoms with E-state index in [1.54, 1.807) is 11.0 Å². The van der Waals surface area contributed by atoms with Crippen LogP contribution in [-0.2, 0) is 27.9 Å². The highest BCUT2D eigenvalue weighted by molar-refractivity contribution is 5.97. The maximum absolute atomic E-state index is 13.9. The number of rotatable bonds is 7. The van der Waals surface area contributed by atoms with E-state index in [1.165, 1.54) is 0 Å². The van der Waals surface area contributed by atoms with E-state index in [4.69, 9.17) is 9.47 Å². The van der Waals surface area contributed by atoms with Gasteiger partial charge in [-0.05, 0) is 73.9 Å². The van der Waals surface area contributed by atoms with Gasteiger partial charge in [0, 0.05) is 58.8 Å². The zero-order chi connectivity index (χ0) is 34.5. The van der Waals surface area contributed by atoms with Crippen molar-refractivity contribution in [2.45, 2.75) is 70.9 Å². The first-order chi connectivity index (χ1) is 23.7. The van der Waals surface area contributed by atoms with Crippen LogP contribution in [0.2, 0.25) is 0 Å². The van der Waals surface area contributed by atoms with Gasteiger partial charge in [-0.2, -0.15) is 5.10 Å². The van der Waals surface area contributed by atoms with Crippen LogP contribution in [0.4, 0.5) is 0 Å². The summed E-state index contributed by atoms with van der Waals surface area (Å²) in [6, 6.07) is 10.3. The highest BCUT2D eigenvalue weighted by atomic mass is 16.7. The summed E-state index contributed by atoms with van der Waals surface area (Å²) in [5.41, 5.74) is 2.80. The highest BCUT2D eigenvalue weighted by Crippen LogP contribution is 2.33. The molecule has 13 heteroatoms. The van der Waals surface area contributed by atoms with E-state index in [9.17, 15) is 19.2 Å². The van der Waals surface area contributed by atoms with Crippen molar-refractivity contribution in [3.8, 4) is 22.9 Å². The van der Waals surface area contributed by atoms with Gasteiger partial charge in [0.15, 0.2) is 11.5 Å². The van der Waals surface area contributed by atoms with Crippen LogP contribution in [-0.4, -0.2) is 105 Å². The van der Waals surface area contributed by atoms with Gasteiger partial charge in [-0.15, -0.1) is 0 Å². The Morgan fingerprint density at radius 2 is 1.80 bits per heavy atom. The first kappa shape index (κ1) is 34.1. The lowest BCUT2D eigenvalue weighted by atomic mass is 10.1. The summed E-state index contributed by atoms with van der Waals surface area (Å²) in [5.74, 6) is 1.06. The van der Waals surface area contributed by atoms with Gasteiger partial charge in [-0.1, -0.05) is 19.9 Å². The molecule has 2 saturated heterocycles. The summed E-state index contributed by atoms with van der Waals surface area (Å²) in [4.78, 5) is 60.1. The lowest BCUT2D eigenvalue weighted by Crippen LogP contribution is -2.46. The van der Waals surface area contributed by atoms with Crippen LogP contribution in [0.3, 0.4) is 0 Å². The number of hydrogen-bond donors (Lipinski definition) is 2. The molecular formula is C36H47N7O6. The number of benzene rings is 1. The first-order valence-electron chi connectivity index (χ1n) is 17.4. The second kappa shape index (κ2) is 15.2. The molecule has 3 aliphatic heterocycles. The summed E-state index contributed by atoms with van der Waals surface area (Å²) in [6.07, 6.45) is 5.57. The molecule has 13 nitrogen and oxygen atoms in total. The normalized spacial score (nSPS) is 20.0. The predicted octanol–water partition coefficient (Wildman–Crippen LogP) is 3.36. The Morgan fingerprint density at radius 1 is 0.980 bits per heavy atom. The predicted molar refractivity (Wildman–Crippen MR) is 182 cm³/mol. The molecule has 5 heterocycles. The third kappa shape index (κ3) is 7.92. The monoisotopic (exact) mass is 673 g/mol. The molecule has 2 aromatic heterocycles. The molecule has 2 N–H and O–H groups in total. The fraction of sp³-hybridized carbons (Fsp3) is 0.528. The third-order valence-electron chi connectivity index (χ3n) is 9.60. The Bertz CT molecular complexity index is 1660. The number of nitrogens with one attached hydrogen (secondary N) is 2. The molecule has 4 amide bonds. The molecule has 2 atom stereocenters. The average Bonchev–Trinajstić information content (AvgIpc) is 3.90. The molecule has 2 fully saturated rings. The number of carbonyl (C=O) groups is 4. The van der Waals surface area contributed by atoms with Gasteiger partial charge in [0.05, 0.1) is 11.7 Å². The van der Waals surface area contributed by atoms with Crippen molar-refractivity contribution in [1.29, 1.82) is 0 Å². The number of aromatic nitrogens is 3. The Hall–Kier alpha value is -4.81. The average molecular weight is 674 g/mol. The second-order valence-electron chi connectivity index (χ2n) is 13.6. The Labute approximate surface area is 286 Å². The quantitative estimate of drug-likeness (QED) is 0.392. The van der Waals surface area contributed by atoms with Crippen molar-refractivity contribution >= 4 is 23.6 Å². The number of nitrogens with zero attached hydrogens (tertiary/aromatic N) is 5. The van der Waals surface area contributed by atoms with E-state index >= 15 is 0 Å². The van der Waals surface area contributed by atoms with Crippen LogP contribution < -0.4 is 14.8 Å². The molecule has 0 saturated carbocycles. The van der Waals surface area contributed by atoms with Crippen LogP contribution in [0.1, 0.15) is 68.4 Å². The molecule has 0 radical (unpaired) electrons. The summed E-state index contributed by atoms with van der Waals surface area (Å²) >= 11 is 0. The molecule has 3 aliphatic rings. The molecule has 6 rings (SSSR count). The van der Waals surface area contributed by atoms with Crippen molar-refractivity contribution in [3.63, 3.8) is 0 Å². The number of ether oxygens (including phenoxy) is 2. The molecule has 2 bridgehead atoms. The minimum atomic E-state index is -0.717. The number of aryl methyl sites for hydroxylation is 2. The molecule has 262 valence electrons. The maximum atomic E-state index is 13.9. The van der Waals surface area contributed by atoms with Crippen LogP contribution in [0.15, 0.2) is 42.6 Å². The van der Waals surface area contributed by atoms with E-state index in [0.717, 1.165) is 17.7 Å². The summed E-state index contributed by atoms with van der Waals surface area (Å²) in [6.45, 7) is 6.40. The number of amides is 4. The summed E-state index contributed by atoms with van der Waals surface area (Å²) in [7, 11) is 1.91. The Morgan fingerprint density at radius 3 is 2.59 bits per heavy atom. The number of hydrogen-bond acceptors (Lipinski definition) is 7. The smallest absolute Gasteiger partial charge is 0.272 e. The van der Waals surface area contributed by atoms with Gasteiger partial charge < -0.3 is 34.1 Å². The largest absolute Gasteiger partial charge is 0.454 e. The van der Waals surface area contributed by atoms with Gasteiger partial charge in [-0.3, -0.25) is 24.3 Å². The van der Waals surface area contributed by atoms with Crippen LogP contribution in [0.5, 0.6) is 11.5 Å². The molecular weight excluding hydrogens is 626 g/mol. The molecule has 1 aromatic carbocycles. The van der Waals surface area contributed by atoms with Crippen LogP contribution >= 0.6 is 0 Å². The van der Waals surface area contributed by atoms with Crippen molar-refractivity contribution < 1.29 is 28.7 Å². The topological polar surface area (TPSA) is 142 Å². The van der Waals surface area contributed by atoms with Crippen LogP contribution in [0, 0.1) is 5.92 Å². The molecule has 0 aliphatic carbocycles. The second-order valence-corrected chi connectivity index (χ2v) is 13.6. The van der Waals surface area contributed by atoms with Crippen molar-refractivity contribution in [3.05, 3.63) is 53.9 Å². The van der Waals surface area contributed by atoms with Crippen LogP contribution in [0.25, 0.3) is 11.4 Å². The van der Waals surface area contributed by atoms with Gasteiger partial charge in [0.1, 0.15) is 17.4 Å². The fourth-order valence-corrected chi connectivity index (χ4v) is 6.99. The van der Waals surface area contributed by atoms with Gasteiger partial charge in [-0.25, -0.2) is 0 Å². The summed E-state index contributed by atoms with van der Waals surface area (Å²) in [5, 5.41) is 10.3. The van der Waals surface area contributed by atoms with E-state index in [1.807, 2.05) is 71.8 Å². The van der Waals surface area contributed by atoms with E-state index in [-0.39, 0.29) is 48.9 Å². The fourth-order valence-electron chi connectivity index (χ4n) is 6.99. The van der Waals surface area contributed by atoms with Gasteiger partial charge in [0.25, 0.3) is 5.91 Å². The zero-order valence-electron chi connectivity index (χ0n) is 28.7. The van der Waals surface area contributed by atoms with Crippen molar-refractivity contribution in [1.82, 2.24) is 34.8 Å². The van der Waals surface area contributed by atoms with E-state index in [2.05, 4.69) is 15.5 Å². The zero-order valence-corrected chi connectivity index (χ0v) is 28.7. The van der Waals surface area contributed by atoms with Crippen molar-refractivity contribution in [2.75, 3.05) is 39.5 Å². The van der Waals surface area contributed by atoms with Gasteiger partial charge >= 0.3 is 0 Å². The summed E-state index contributed by atoms with van der Waals surface area (Å²) < 4.78 is 12.8. The number of carbonyl (C=O) groups excluding carboxylic acids is 4. The standard InChI is InChI=1S/C36H47N7O6/c1-24(2)18-34(45)42-17-7-16-41(33(44)12-10-25-9-11-31-32(19-25)49-23-48-31)15-5-4-13-37-35(46)30-20-26(42)22-43(30)36(47)28-21-27(38-39-28)29-8-6-14-40(29)3/h6,8-9,11,14,19,21,24,26,30H,4-5,7,10,12-13,15-18,20,22-23H2,1-3H3,(H,37,46)(H,38,39)/t26-,30-/m0/s1. The third-order valence-corrected chi connectivity index (χ3v) is 9.60. The SMILES string of the molecule is CC(C)CC(=O)N1CCCN(C(=O)CCc2ccc3c(c2)OCO3)CCCCNC(=O)[C@@H]2C[C@H]1CN2C(=O)c1cc(-c2cccn2C)n[nH]1. The number of fused-ring (bicyclic) bond motifs is 3. The van der Waals surface area contributed by atoms with E-state index in [0.29, 0.717) is 87.6 Å². The molecule has 0 unspecified atom stereocenters. The number of H-pyrrole nitrogens is 1. The van der Waals surface area contributed by atoms with E-state index < -0.39 is 6.04 Å². The molecule has 3 aromatic rings. The van der Waals surface area contributed by atoms with Gasteiger partial charge in [0.2, 0.25) is 24.5 Å². The molecule has 0 spiro atoms. The lowest BCUT2D eigenvalue weighted by molar-refractivity contribution is -0.134. The first-order valence-corrected chi connectivity index (χ1v) is 17.4. The molecule has 49 heavy (non-hydrogen) atoms. The Kier molecular flexibility index (Phi) is 10.5. The highest BCUT2D eigenvalue weighted by Gasteiger charge is 2.43. The minimum Gasteiger partial charge on any atom is -0.454 e. The maximum Gasteiger partial charge on any atom is 0.272 e. The number of likely N-dealkylation sites (tertiary alicyclic amines) is 1. The minimum absolute atomic E-state index is 0.00577.